The predicted molar refractivity (Wildman–Crippen MR) is 360 cm³/mol. The van der Waals surface area contributed by atoms with Crippen molar-refractivity contribution in [3.63, 3.8) is 0 Å². The molecule has 3 aliphatic heterocycles. The third kappa shape index (κ3) is 35.7. The number of aliphatic hydroxyl groups is 11. The summed E-state index contributed by atoms with van der Waals surface area (Å²) in [7, 11) is 0. The maximum absolute atomic E-state index is 13.4. The van der Waals surface area contributed by atoms with Crippen LogP contribution in [-0.4, -0.2) is 193 Å². The minimum atomic E-state index is -1.97. The Balaban J connectivity index is 1.37. The van der Waals surface area contributed by atoms with E-state index in [0.29, 0.717) is 12.8 Å². The lowest BCUT2D eigenvalue weighted by molar-refractivity contribution is -0.379. The standard InChI is InChI=1S/C73H131NO18/c1-3-5-7-9-11-13-15-17-19-21-22-23-24-25-26-27-28-29-30-31-32-33-34-35-37-39-41-43-45-47-49-51-61(79)74-56(57(78)50-48-46-44-42-40-38-36-20-18-16-14-12-10-8-6-4-2)55-87-71-67(85)64(82)69(59(53-76)89-71)92-73-68(86)65(83)70(60(54-77)90-73)91-72-66(84)63(81)62(80)58(52-75)88-72/h5,7,11,13,17,19,22-23,25-26,56-60,62-73,75-78,80-86H,3-4,6,8-10,12,14-16,18,20-21,24,27-55H2,1-2H3,(H,74,79)/b7-5-,13-11-,19-17-,23-22-,26-25-. The van der Waals surface area contributed by atoms with Crippen LogP contribution >= 0.6 is 0 Å². The second kappa shape index (κ2) is 54.5. The van der Waals surface area contributed by atoms with E-state index in [1.807, 2.05) is 0 Å². The summed E-state index contributed by atoms with van der Waals surface area (Å²) in [5, 5.41) is 121. The van der Waals surface area contributed by atoms with Gasteiger partial charge in [0.25, 0.3) is 0 Å². The van der Waals surface area contributed by atoms with E-state index in [0.717, 1.165) is 77.0 Å². The number of ether oxygens (including phenoxy) is 6. The molecule has 3 aliphatic rings. The highest BCUT2D eigenvalue weighted by atomic mass is 16.8. The van der Waals surface area contributed by atoms with Gasteiger partial charge in [-0.1, -0.05) is 261 Å². The highest BCUT2D eigenvalue weighted by molar-refractivity contribution is 5.76. The summed E-state index contributed by atoms with van der Waals surface area (Å²) >= 11 is 0. The van der Waals surface area contributed by atoms with Crippen LogP contribution in [0.3, 0.4) is 0 Å². The number of unbranched alkanes of at least 4 members (excludes halogenated alkanes) is 30. The third-order valence-electron chi connectivity index (χ3n) is 18.1. The SMILES string of the molecule is CC/C=C\C/C=C\C/C=C\C/C=C\C/C=C\CCCCCCCCCCCCCCCCCC(=O)NC(COC1OC(CO)C(OC2OC(CO)C(OC3OC(CO)C(O)C(O)C3O)C(O)C2O)C(O)C1O)C(O)CCCCCCCCCCCCCCCCCC. The number of amides is 1. The Morgan fingerprint density at radius 2 is 0.750 bits per heavy atom. The van der Waals surface area contributed by atoms with Crippen molar-refractivity contribution in [2.75, 3.05) is 26.4 Å². The van der Waals surface area contributed by atoms with Gasteiger partial charge in [0.05, 0.1) is 38.6 Å². The van der Waals surface area contributed by atoms with Crippen molar-refractivity contribution in [2.45, 2.75) is 369 Å². The van der Waals surface area contributed by atoms with E-state index in [1.165, 1.54) is 154 Å². The van der Waals surface area contributed by atoms with Crippen LogP contribution in [0.2, 0.25) is 0 Å². The highest BCUT2D eigenvalue weighted by Gasteiger charge is 2.53. The first kappa shape index (κ1) is 83.7. The second-order valence-electron chi connectivity index (χ2n) is 26.0. The molecule has 536 valence electrons. The van der Waals surface area contributed by atoms with Gasteiger partial charge in [0, 0.05) is 6.42 Å². The number of nitrogens with one attached hydrogen (secondary N) is 1. The van der Waals surface area contributed by atoms with Crippen molar-refractivity contribution < 1.29 is 89.4 Å². The summed E-state index contributed by atoms with van der Waals surface area (Å²) < 4.78 is 34.4. The normalized spacial score (nSPS) is 28.0. The Labute approximate surface area is 554 Å². The summed E-state index contributed by atoms with van der Waals surface area (Å²) in [6.07, 6.45) is 40.1. The first-order valence-electron chi connectivity index (χ1n) is 36.5. The van der Waals surface area contributed by atoms with E-state index in [4.69, 9.17) is 28.4 Å². The molecule has 3 rings (SSSR count). The molecule has 92 heavy (non-hydrogen) atoms. The lowest BCUT2D eigenvalue weighted by Gasteiger charge is -2.48. The van der Waals surface area contributed by atoms with Crippen LogP contribution < -0.4 is 5.32 Å². The zero-order chi connectivity index (χ0) is 66.8. The van der Waals surface area contributed by atoms with Crippen molar-refractivity contribution in [1.29, 1.82) is 0 Å². The smallest absolute Gasteiger partial charge is 0.220 e. The number of rotatable bonds is 56. The van der Waals surface area contributed by atoms with Gasteiger partial charge in [-0.05, 0) is 57.8 Å². The van der Waals surface area contributed by atoms with Crippen LogP contribution in [0.25, 0.3) is 0 Å². The molecule has 12 N–H and O–H groups in total. The van der Waals surface area contributed by atoms with Gasteiger partial charge in [-0.25, -0.2) is 0 Å². The fourth-order valence-electron chi connectivity index (χ4n) is 12.2. The molecule has 0 radical (unpaired) electrons. The molecule has 3 heterocycles. The summed E-state index contributed by atoms with van der Waals surface area (Å²) in [5.41, 5.74) is 0. The Morgan fingerprint density at radius 3 is 1.17 bits per heavy atom. The van der Waals surface area contributed by atoms with Gasteiger partial charge >= 0.3 is 0 Å². The lowest BCUT2D eigenvalue weighted by atomic mass is 9.96. The Bertz CT molecular complexity index is 1900. The zero-order valence-electron chi connectivity index (χ0n) is 56.8. The quantitative estimate of drug-likeness (QED) is 0.0199. The van der Waals surface area contributed by atoms with Crippen molar-refractivity contribution in [2.24, 2.45) is 0 Å². The van der Waals surface area contributed by atoms with E-state index < -0.39 is 124 Å². The fraction of sp³-hybridized carbons (Fsp3) is 0.849. The molecule has 17 atom stereocenters. The van der Waals surface area contributed by atoms with Crippen LogP contribution in [0.5, 0.6) is 0 Å². The van der Waals surface area contributed by atoms with E-state index in [-0.39, 0.29) is 18.9 Å². The minimum absolute atomic E-state index is 0.243. The van der Waals surface area contributed by atoms with E-state index in [1.54, 1.807) is 0 Å². The number of hydrogen-bond acceptors (Lipinski definition) is 18. The molecule has 0 aromatic carbocycles. The summed E-state index contributed by atoms with van der Waals surface area (Å²) in [5.74, 6) is -0.243. The van der Waals surface area contributed by atoms with Gasteiger partial charge in [-0.3, -0.25) is 4.79 Å². The molecule has 0 saturated carbocycles. The topological polar surface area (TPSA) is 307 Å². The van der Waals surface area contributed by atoms with Crippen molar-refractivity contribution in [3.05, 3.63) is 60.8 Å². The minimum Gasteiger partial charge on any atom is -0.394 e. The number of carbonyl (C=O) groups excluding carboxylic acids is 1. The Kier molecular flexibility index (Phi) is 49.6. The molecule has 3 fully saturated rings. The van der Waals surface area contributed by atoms with Crippen molar-refractivity contribution in [1.82, 2.24) is 5.32 Å². The molecule has 3 saturated heterocycles. The average Bonchev–Trinajstić information content (AvgIpc) is 0.834. The second-order valence-corrected chi connectivity index (χ2v) is 26.0. The van der Waals surface area contributed by atoms with Crippen LogP contribution in [0, 0.1) is 0 Å². The van der Waals surface area contributed by atoms with E-state index in [9.17, 15) is 61.0 Å². The first-order valence-corrected chi connectivity index (χ1v) is 36.5. The zero-order valence-corrected chi connectivity index (χ0v) is 56.8. The Morgan fingerprint density at radius 1 is 0.402 bits per heavy atom. The van der Waals surface area contributed by atoms with Gasteiger partial charge in [-0.2, -0.15) is 0 Å². The average molecular weight is 1310 g/mol. The molecule has 0 aliphatic carbocycles. The maximum atomic E-state index is 13.4. The molecule has 19 heteroatoms. The van der Waals surface area contributed by atoms with Crippen LogP contribution in [0.15, 0.2) is 60.8 Å². The molecular weight excluding hydrogens is 1180 g/mol. The first-order chi connectivity index (χ1) is 44.8. The summed E-state index contributed by atoms with van der Waals surface area (Å²) in [6.45, 7) is 1.70. The van der Waals surface area contributed by atoms with Gasteiger partial charge in [0.15, 0.2) is 18.9 Å². The number of carbonyl (C=O) groups is 1. The third-order valence-corrected chi connectivity index (χ3v) is 18.1. The summed E-state index contributed by atoms with van der Waals surface area (Å²) in [6, 6.07) is -0.889. The number of hydrogen-bond donors (Lipinski definition) is 12. The molecular formula is C73H131NO18. The van der Waals surface area contributed by atoms with Crippen LogP contribution in [-0.2, 0) is 33.2 Å². The van der Waals surface area contributed by atoms with Gasteiger partial charge in [0.1, 0.15) is 73.2 Å². The number of allylic oxidation sites excluding steroid dienone is 10. The van der Waals surface area contributed by atoms with E-state index in [2.05, 4.69) is 79.9 Å². The molecule has 0 aromatic rings. The van der Waals surface area contributed by atoms with Crippen molar-refractivity contribution >= 4 is 5.91 Å². The van der Waals surface area contributed by atoms with Crippen LogP contribution in [0.4, 0.5) is 0 Å². The van der Waals surface area contributed by atoms with Gasteiger partial charge < -0.3 is 89.9 Å². The predicted octanol–water partition coefficient (Wildman–Crippen LogP) is 10.3. The Hall–Kier alpha value is -2.51. The fourth-order valence-corrected chi connectivity index (χ4v) is 12.2. The van der Waals surface area contributed by atoms with Crippen molar-refractivity contribution in [3.8, 4) is 0 Å². The molecule has 0 aromatic heterocycles. The molecule has 0 bridgehead atoms. The maximum Gasteiger partial charge on any atom is 0.220 e. The highest BCUT2D eigenvalue weighted by Crippen LogP contribution is 2.33. The molecule has 1 amide bonds. The lowest BCUT2D eigenvalue weighted by Crippen LogP contribution is -2.66. The summed E-state index contributed by atoms with van der Waals surface area (Å²) in [4.78, 5) is 13.4. The van der Waals surface area contributed by atoms with Gasteiger partial charge in [-0.15, -0.1) is 0 Å². The molecule has 0 spiro atoms. The van der Waals surface area contributed by atoms with Crippen LogP contribution in [0.1, 0.15) is 264 Å². The van der Waals surface area contributed by atoms with Gasteiger partial charge in [0.2, 0.25) is 5.91 Å². The monoisotopic (exact) mass is 1310 g/mol. The largest absolute Gasteiger partial charge is 0.394 e. The molecule has 19 nitrogen and oxygen atoms in total. The van der Waals surface area contributed by atoms with E-state index >= 15 is 0 Å². The number of aliphatic hydroxyl groups excluding tert-OH is 11. The molecule has 17 unspecified atom stereocenters.